The van der Waals surface area contributed by atoms with Gasteiger partial charge in [-0.15, -0.1) is 0 Å². The van der Waals surface area contributed by atoms with E-state index in [4.69, 9.17) is 23.1 Å². The molecule has 3 N–H and O–H groups in total. The van der Waals surface area contributed by atoms with Gasteiger partial charge in [0.1, 0.15) is 0 Å². The molecule has 0 aliphatic rings. The van der Waals surface area contributed by atoms with Crippen LogP contribution in [-0.4, -0.2) is 40.1 Å². The number of aliphatic hydroxyl groups is 1. The van der Waals surface area contributed by atoms with Crippen LogP contribution < -0.4 is 5.73 Å². The predicted molar refractivity (Wildman–Crippen MR) is 64.5 cm³/mol. The average molecular weight is 232 g/mol. The number of hydrogen-bond acceptors (Lipinski definition) is 3. The second-order valence-corrected chi connectivity index (χ2v) is 4.30. The molecule has 5 heteroatoms. The zero-order valence-corrected chi connectivity index (χ0v) is 10.4. The first-order chi connectivity index (χ1) is 6.91. The number of aliphatic hydroxyl groups excluding tert-OH is 1. The molecule has 88 valence electrons. The number of carbonyl (C=O) groups is 1. The molecule has 0 aliphatic heterocycles. The molecule has 4 nitrogen and oxygen atoms in total. The fraction of sp³-hybridized carbons (Fsp3) is 0.800. The van der Waals surface area contributed by atoms with Gasteiger partial charge in [-0.25, -0.2) is 0 Å². The summed E-state index contributed by atoms with van der Waals surface area (Å²) in [5, 5.41) is 8.74. The van der Waals surface area contributed by atoms with E-state index in [0.29, 0.717) is 13.0 Å². The van der Waals surface area contributed by atoms with Gasteiger partial charge in [0.05, 0.1) is 10.9 Å². The lowest BCUT2D eigenvalue weighted by atomic mass is 10.1. The minimum absolute atomic E-state index is 0.0639. The number of rotatable bonds is 6. The SMILES string of the molecule is CC(C(=O)N(CCCO)C(C)C)C(N)=S. The van der Waals surface area contributed by atoms with Crippen LogP contribution in [0.4, 0.5) is 0 Å². The molecule has 0 saturated carbocycles. The summed E-state index contributed by atoms with van der Waals surface area (Å²) in [6.07, 6.45) is 0.577. The van der Waals surface area contributed by atoms with Gasteiger partial charge in [0.2, 0.25) is 5.91 Å². The Morgan fingerprint density at radius 3 is 2.33 bits per heavy atom. The Hall–Kier alpha value is -0.680. The topological polar surface area (TPSA) is 66.6 Å². The van der Waals surface area contributed by atoms with Gasteiger partial charge < -0.3 is 15.7 Å². The number of hydrogen-bond donors (Lipinski definition) is 2. The van der Waals surface area contributed by atoms with Gasteiger partial charge in [0, 0.05) is 19.2 Å². The zero-order valence-electron chi connectivity index (χ0n) is 9.56. The molecule has 1 unspecified atom stereocenters. The molecule has 0 heterocycles. The quantitative estimate of drug-likeness (QED) is 0.656. The summed E-state index contributed by atoms with van der Waals surface area (Å²) in [7, 11) is 0. The molecule has 0 aliphatic carbocycles. The molecule has 0 rings (SSSR count). The van der Waals surface area contributed by atoms with Gasteiger partial charge in [0.25, 0.3) is 0 Å². The Labute approximate surface area is 96.4 Å². The first-order valence-corrected chi connectivity index (χ1v) is 5.53. The Kier molecular flexibility index (Phi) is 6.43. The van der Waals surface area contributed by atoms with Crippen LogP contribution in [0.15, 0.2) is 0 Å². The monoisotopic (exact) mass is 232 g/mol. The second-order valence-electron chi connectivity index (χ2n) is 3.83. The van der Waals surface area contributed by atoms with Crippen LogP contribution in [0.5, 0.6) is 0 Å². The van der Waals surface area contributed by atoms with Crippen molar-refractivity contribution in [3.8, 4) is 0 Å². The van der Waals surface area contributed by atoms with Crippen molar-refractivity contribution in [1.82, 2.24) is 4.90 Å². The summed E-state index contributed by atoms with van der Waals surface area (Å²) >= 11 is 4.79. The maximum atomic E-state index is 11.9. The highest BCUT2D eigenvalue weighted by Crippen LogP contribution is 2.08. The summed E-state index contributed by atoms with van der Waals surface area (Å²) in [5.41, 5.74) is 5.44. The normalized spacial score (nSPS) is 12.6. The smallest absolute Gasteiger partial charge is 0.232 e. The average Bonchev–Trinajstić information content (AvgIpc) is 2.16. The third-order valence-electron chi connectivity index (χ3n) is 2.26. The van der Waals surface area contributed by atoms with E-state index in [2.05, 4.69) is 0 Å². The van der Waals surface area contributed by atoms with Crippen molar-refractivity contribution in [3.63, 3.8) is 0 Å². The van der Waals surface area contributed by atoms with Crippen LogP contribution in [0.2, 0.25) is 0 Å². The third kappa shape index (κ3) is 4.57. The highest BCUT2D eigenvalue weighted by Gasteiger charge is 2.23. The Morgan fingerprint density at radius 1 is 1.47 bits per heavy atom. The third-order valence-corrected chi connectivity index (χ3v) is 2.61. The predicted octanol–water partition coefficient (Wildman–Crippen LogP) is 0.528. The first kappa shape index (κ1) is 14.3. The maximum absolute atomic E-state index is 11.9. The van der Waals surface area contributed by atoms with Crippen molar-refractivity contribution in [3.05, 3.63) is 0 Å². The van der Waals surface area contributed by atoms with Crippen molar-refractivity contribution in [1.29, 1.82) is 0 Å². The summed E-state index contributed by atoms with van der Waals surface area (Å²) < 4.78 is 0. The zero-order chi connectivity index (χ0) is 12.0. The number of thiocarbonyl (C=S) groups is 1. The fourth-order valence-corrected chi connectivity index (χ4v) is 1.34. The van der Waals surface area contributed by atoms with E-state index in [1.807, 2.05) is 13.8 Å². The number of nitrogens with two attached hydrogens (primary N) is 1. The van der Waals surface area contributed by atoms with Crippen LogP contribution in [0.1, 0.15) is 27.2 Å². The van der Waals surface area contributed by atoms with Crippen molar-refractivity contribution >= 4 is 23.1 Å². The van der Waals surface area contributed by atoms with E-state index < -0.39 is 5.92 Å². The molecule has 0 spiro atoms. The molecular weight excluding hydrogens is 212 g/mol. The lowest BCUT2D eigenvalue weighted by molar-refractivity contribution is -0.134. The van der Waals surface area contributed by atoms with Crippen molar-refractivity contribution in [2.45, 2.75) is 33.2 Å². The molecule has 0 aromatic rings. The maximum Gasteiger partial charge on any atom is 0.232 e. The summed E-state index contributed by atoms with van der Waals surface area (Å²) in [6.45, 7) is 6.19. The minimum Gasteiger partial charge on any atom is -0.396 e. The van der Waals surface area contributed by atoms with E-state index >= 15 is 0 Å². The van der Waals surface area contributed by atoms with Crippen molar-refractivity contribution < 1.29 is 9.90 Å². The van der Waals surface area contributed by atoms with Crippen LogP contribution in [0.25, 0.3) is 0 Å². The summed E-state index contributed by atoms with van der Waals surface area (Å²) in [6, 6.07) is 0.0980. The van der Waals surface area contributed by atoms with Crippen LogP contribution >= 0.6 is 12.2 Å². The molecule has 0 aromatic carbocycles. The van der Waals surface area contributed by atoms with Gasteiger partial charge in [0.15, 0.2) is 0 Å². The van der Waals surface area contributed by atoms with Gasteiger partial charge in [-0.2, -0.15) is 0 Å². The van der Waals surface area contributed by atoms with E-state index in [1.165, 1.54) is 0 Å². The van der Waals surface area contributed by atoms with E-state index in [-0.39, 0.29) is 23.5 Å². The number of carbonyl (C=O) groups excluding carboxylic acids is 1. The van der Waals surface area contributed by atoms with Crippen molar-refractivity contribution in [2.75, 3.05) is 13.2 Å². The molecule has 1 amide bonds. The Balaban J connectivity index is 4.48. The second kappa shape index (κ2) is 6.74. The van der Waals surface area contributed by atoms with Crippen LogP contribution in [0, 0.1) is 5.92 Å². The minimum atomic E-state index is -0.430. The molecule has 0 fully saturated rings. The fourth-order valence-electron chi connectivity index (χ4n) is 1.23. The molecule has 15 heavy (non-hydrogen) atoms. The van der Waals surface area contributed by atoms with Crippen LogP contribution in [0.3, 0.4) is 0 Å². The van der Waals surface area contributed by atoms with Crippen LogP contribution in [-0.2, 0) is 4.79 Å². The first-order valence-electron chi connectivity index (χ1n) is 5.12. The largest absolute Gasteiger partial charge is 0.396 e. The Morgan fingerprint density at radius 2 is 2.00 bits per heavy atom. The van der Waals surface area contributed by atoms with Crippen molar-refractivity contribution in [2.24, 2.45) is 11.7 Å². The molecule has 1 atom stereocenters. The van der Waals surface area contributed by atoms with Gasteiger partial charge in [-0.3, -0.25) is 4.79 Å². The summed E-state index contributed by atoms with van der Waals surface area (Å²) in [4.78, 5) is 13.8. The van der Waals surface area contributed by atoms with Gasteiger partial charge in [-0.05, 0) is 27.2 Å². The van der Waals surface area contributed by atoms with E-state index in [0.717, 1.165) is 0 Å². The summed E-state index contributed by atoms with van der Waals surface area (Å²) in [5.74, 6) is -0.493. The molecule has 0 aromatic heterocycles. The molecule has 0 saturated heterocycles. The van der Waals surface area contributed by atoms with Gasteiger partial charge >= 0.3 is 0 Å². The van der Waals surface area contributed by atoms with E-state index in [9.17, 15) is 4.79 Å². The lowest BCUT2D eigenvalue weighted by Crippen LogP contribution is -2.44. The highest BCUT2D eigenvalue weighted by molar-refractivity contribution is 7.80. The van der Waals surface area contributed by atoms with E-state index in [1.54, 1.807) is 11.8 Å². The Bertz CT molecular complexity index is 231. The molecular formula is C10H20N2O2S. The molecule has 0 radical (unpaired) electrons. The highest BCUT2D eigenvalue weighted by atomic mass is 32.1. The molecule has 0 bridgehead atoms. The number of nitrogens with zero attached hydrogens (tertiary/aromatic N) is 1. The lowest BCUT2D eigenvalue weighted by Gasteiger charge is -2.29. The van der Waals surface area contributed by atoms with Gasteiger partial charge in [-0.1, -0.05) is 12.2 Å². The standard InChI is InChI=1S/C10H20N2O2S/c1-7(2)12(5-4-6-13)10(14)8(3)9(11)15/h7-8,13H,4-6H2,1-3H3,(H2,11,15). The number of amides is 1.